The molecular formula is C38H41N3O10S. The van der Waals surface area contributed by atoms with E-state index >= 15 is 0 Å². The van der Waals surface area contributed by atoms with Crippen LogP contribution in [0.15, 0.2) is 18.2 Å². The number of phenolic OH excluding ortho intramolecular Hbond substituents is 2. The third kappa shape index (κ3) is 4.66. The van der Waals surface area contributed by atoms with Gasteiger partial charge >= 0.3 is 11.9 Å². The van der Waals surface area contributed by atoms with Gasteiger partial charge in [0.1, 0.15) is 12.4 Å². The van der Waals surface area contributed by atoms with Crippen LogP contribution < -0.4 is 34.3 Å². The van der Waals surface area contributed by atoms with Crippen molar-refractivity contribution >= 4 is 23.7 Å². The predicted molar refractivity (Wildman–Crippen MR) is 189 cm³/mol. The maximum Gasteiger partial charge on any atom is 0.331 e. The Kier molecular flexibility index (Phi) is 7.78. The fourth-order valence-corrected chi connectivity index (χ4v) is 11.3. The van der Waals surface area contributed by atoms with E-state index in [1.165, 1.54) is 14.0 Å². The van der Waals surface area contributed by atoms with Gasteiger partial charge in [-0.2, -0.15) is 0 Å². The van der Waals surface area contributed by atoms with Gasteiger partial charge < -0.3 is 44.0 Å². The summed E-state index contributed by atoms with van der Waals surface area (Å²) < 4.78 is 36.0. The van der Waals surface area contributed by atoms with Crippen molar-refractivity contribution in [1.29, 1.82) is 0 Å². The molecule has 0 radical (unpaired) electrons. The number of carbonyl (C=O) groups excluding carboxylic acids is 2. The first-order valence-corrected chi connectivity index (χ1v) is 18.6. The number of carbonyl (C=O) groups is 2. The number of nitrogens with one attached hydrogen (secondary N) is 2. The molecule has 3 aromatic carbocycles. The lowest BCUT2D eigenvalue weighted by Gasteiger charge is -2.57. The quantitative estimate of drug-likeness (QED) is 0.228. The maximum absolute atomic E-state index is 14.6. The predicted octanol–water partition coefficient (Wildman–Crippen LogP) is 3.75. The van der Waals surface area contributed by atoms with Gasteiger partial charge in [-0.15, -0.1) is 11.8 Å². The van der Waals surface area contributed by atoms with Gasteiger partial charge in [0.15, 0.2) is 40.0 Å². The number of phenols is 2. The molecule has 1 spiro atoms. The topological polar surface area (TPSA) is 157 Å². The lowest BCUT2D eigenvalue weighted by atomic mass is 9.74. The summed E-state index contributed by atoms with van der Waals surface area (Å²) in [4.78, 5) is 29.8. The summed E-state index contributed by atoms with van der Waals surface area (Å²) in [6.07, 6.45) is 1.29. The minimum atomic E-state index is -1.29. The summed E-state index contributed by atoms with van der Waals surface area (Å²) in [5.41, 5.74) is 5.13. The standard InChI is InChI=1S/C38H41N3O10S/c1-16-8-20-9-21-12-41-23-13-48-37(45)38(22-11-25(46-4)24(43)10-19(22)6-7-39-38)14-52-36(30(41)29(40-21)26(20)31(44)32(16)47-5)28-27(23)35-34(49-15-50-35)17(2)33(28)51-18(3)42/h8,10-11,21,23,29-30,36,39-40,43-44H,6-7,9,12-15H2,1-5H3/t21?,23-,29?,30+,36+,38+/m0/s1. The normalized spacial score (nSPS) is 28.2. The molecule has 0 saturated carbocycles. The van der Waals surface area contributed by atoms with Crippen molar-refractivity contribution in [3.8, 4) is 40.2 Å². The highest BCUT2D eigenvalue weighted by Gasteiger charge is 2.57. The Morgan fingerprint density at radius 2 is 1.83 bits per heavy atom. The van der Waals surface area contributed by atoms with Crippen molar-refractivity contribution in [2.24, 2.45) is 0 Å². The van der Waals surface area contributed by atoms with Crippen LogP contribution in [0.5, 0.6) is 40.2 Å². The summed E-state index contributed by atoms with van der Waals surface area (Å²) in [6.45, 7) is 6.28. The fraction of sp³-hybridized carbons (Fsp3) is 0.474. The number of hydrogen-bond donors (Lipinski definition) is 4. The number of nitrogens with zero attached hydrogens (tertiary/aromatic N) is 1. The number of esters is 2. The second-order valence-electron chi connectivity index (χ2n) is 14.4. The molecular weight excluding hydrogens is 690 g/mol. The summed E-state index contributed by atoms with van der Waals surface area (Å²) in [7, 11) is 3.04. The van der Waals surface area contributed by atoms with Gasteiger partial charge in [0.05, 0.1) is 31.6 Å². The summed E-state index contributed by atoms with van der Waals surface area (Å²) in [5, 5.41) is 29.5. The summed E-state index contributed by atoms with van der Waals surface area (Å²) >= 11 is 1.56. The zero-order chi connectivity index (χ0) is 36.2. The Morgan fingerprint density at radius 1 is 1.02 bits per heavy atom. The van der Waals surface area contributed by atoms with E-state index in [-0.39, 0.29) is 54.5 Å². The van der Waals surface area contributed by atoms with Crippen molar-refractivity contribution in [2.75, 3.05) is 46.5 Å². The second-order valence-corrected chi connectivity index (χ2v) is 15.6. The van der Waals surface area contributed by atoms with E-state index in [1.807, 2.05) is 13.8 Å². The van der Waals surface area contributed by atoms with E-state index in [9.17, 15) is 19.8 Å². The molecule has 2 unspecified atom stereocenters. The zero-order valence-electron chi connectivity index (χ0n) is 29.6. The SMILES string of the molecule is COc1cc2c(cc1O)CCN[C@]21CS[C@@H]2c3c(OC(C)=O)c(C)c4c(c3[C@H](COC1=O)N1CC3Cc5cc(C)c(OC)c(O)c5C(N3)[C@H]21)OCO4. The number of piperazine rings is 1. The fourth-order valence-electron chi connectivity index (χ4n) is 9.58. The van der Waals surface area contributed by atoms with Crippen LogP contribution in [0.4, 0.5) is 0 Å². The van der Waals surface area contributed by atoms with Crippen molar-refractivity contribution in [3.63, 3.8) is 0 Å². The molecule has 0 aromatic heterocycles. The zero-order valence-corrected chi connectivity index (χ0v) is 30.4. The number of aromatic hydroxyl groups is 2. The van der Waals surface area contributed by atoms with Gasteiger partial charge in [-0.05, 0) is 61.1 Å². The number of thioether (sulfide) groups is 1. The molecule has 10 rings (SSSR count). The van der Waals surface area contributed by atoms with Crippen molar-refractivity contribution in [3.05, 3.63) is 62.7 Å². The highest BCUT2D eigenvalue weighted by atomic mass is 32.2. The van der Waals surface area contributed by atoms with Crippen LogP contribution >= 0.6 is 11.8 Å². The highest BCUT2D eigenvalue weighted by molar-refractivity contribution is 7.99. The van der Waals surface area contributed by atoms with Crippen LogP contribution in [0.3, 0.4) is 0 Å². The Labute approximate surface area is 304 Å². The molecule has 274 valence electrons. The third-order valence-corrected chi connectivity index (χ3v) is 13.1. The molecule has 3 aromatic rings. The number of fused-ring (bicyclic) bond motifs is 9. The van der Waals surface area contributed by atoms with E-state index in [2.05, 4.69) is 21.6 Å². The molecule has 4 bridgehead atoms. The Hall–Kier alpha value is -4.37. The summed E-state index contributed by atoms with van der Waals surface area (Å²) in [6, 6.07) is 4.36. The smallest absolute Gasteiger partial charge is 0.331 e. The Bertz CT molecular complexity index is 2060. The first kappa shape index (κ1) is 33.5. The van der Waals surface area contributed by atoms with Crippen molar-refractivity contribution in [1.82, 2.24) is 15.5 Å². The first-order valence-electron chi connectivity index (χ1n) is 17.6. The minimum Gasteiger partial charge on any atom is -0.504 e. The van der Waals surface area contributed by atoms with E-state index in [1.54, 1.807) is 31.0 Å². The number of methoxy groups -OCH3 is 2. The molecule has 6 atom stereocenters. The van der Waals surface area contributed by atoms with Gasteiger partial charge in [0.25, 0.3) is 0 Å². The molecule has 52 heavy (non-hydrogen) atoms. The van der Waals surface area contributed by atoms with Crippen LogP contribution in [0.1, 0.15) is 68.8 Å². The van der Waals surface area contributed by atoms with Crippen LogP contribution in [0.2, 0.25) is 0 Å². The number of rotatable bonds is 3. The van der Waals surface area contributed by atoms with Crippen molar-refractivity contribution < 1.29 is 48.2 Å². The lowest BCUT2D eigenvalue weighted by molar-refractivity contribution is -0.155. The number of aryl methyl sites for hydroxylation is 1. The molecule has 7 heterocycles. The molecule has 0 amide bonds. The second kappa shape index (κ2) is 12.1. The summed E-state index contributed by atoms with van der Waals surface area (Å²) in [5.74, 6) is 1.60. The van der Waals surface area contributed by atoms with E-state index in [0.29, 0.717) is 60.1 Å². The third-order valence-electron chi connectivity index (χ3n) is 11.7. The molecule has 14 heteroatoms. The molecule has 4 N–H and O–H groups in total. The van der Waals surface area contributed by atoms with Gasteiger partial charge in [-0.25, -0.2) is 4.79 Å². The number of ether oxygens (including phenoxy) is 6. The average molecular weight is 732 g/mol. The molecule has 13 nitrogen and oxygen atoms in total. The molecule has 0 aliphatic carbocycles. The Balaban J connectivity index is 1.29. The van der Waals surface area contributed by atoms with Crippen molar-refractivity contribution in [2.45, 2.75) is 68.6 Å². The van der Waals surface area contributed by atoms with Gasteiger partial charge in [-0.1, -0.05) is 6.07 Å². The van der Waals surface area contributed by atoms with Crippen LogP contribution in [-0.2, 0) is 32.7 Å². The van der Waals surface area contributed by atoms with Crippen LogP contribution in [0, 0.1) is 13.8 Å². The number of benzene rings is 3. The highest BCUT2D eigenvalue weighted by Crippen LogP contribution is 2.62. The lowest BCUT2D eigenvalue weighted by Crippen LogP contribution is -2.65. The van der Waals surface area contributed by atoms with Crippen LogP contribution in [0.25, 0.3) is 0 Å². The maximum atomic E-state index is 14.6. The van der Waals surface area contributed by atoms with Crippen LogP contribution in [-0.4, -0.2) is 85.6 Å². The first-order chi connectivity index (χ1) is 25.1. The van der Waals surface area contributed by atoms with E-state index in [4.69, 9.17) is 28.4 Å². The van der Waals surface area contributed by atoms with Gasteiger partial charge in [0.2, 0.25) is 6.79 Å². The largest absolute Gasteiger partial charge is 0.504 e. The monoisotopic (exact) mass is 731 g/mol. The minimum absolute atomic E-state index is 0.00431. The van der Waals surface area contributed by atoms with E-state index in [0.717, 1.165) is 33.4 Å². The Morgan fingerprint density at radius 3 is 2.60 bits per heavy atom. The molecule has 7 aliphatic rings. The number of hydrogen-bond acceptors (Lipinski definition) is 14. The molecule has 2 saturated heterocycles. The average Bonchev–Trinajstić information content (AvgIpc) is 3.61. The molecule has 7 aliphatic heterocycles. The molecule has 2 fully saturated rings. The van der Waals surface area contributed by atoms with E-state index < -0.39 is 28.8 Å². The van der Waals surface area contributed by atoms with Gasteiger partial charge in [-0.3, -0.25) is 15.0 Å². The van der Waals surface area contributed by atoms with Gasteiger partial charge in [0, 0.05) is 60.1 Å².